The number of carbonyl (C=O) groups excluding carboxylic acids is 1. The van der Waals surface area contributed by atoms with Gasteiger partial charge < -0.3 is 15.4 Å². The Labute approximate surface area is 261 Å². The summed E-state index contributed by atoms with van der Waals surface area (Å²) in [5.74, 6) is 1.73. The van der Waals surface area contributed by atoms with Crippen LogP contribution in [0.5, 0.6) is 11.5 Å². The van der Waals surface area contributed by atoms with Gasteiger partial charge in [-0.2, -0.15) is 9.61 Å². The molecule has 2 N–H and O–H groups in total. The lowest BCUT2D eigenvalue weighted by Gasteiger charge is -2.27. The highest BCUT2D eigenvalue weighted by molar-refractivity contribution is 9.10. The molecule has 0 radical (unpaired) electrons. The summed E-state index contributed by atoms with van der Waals surface area (Å²) in [7, 11) is 0. The van der Waals surface area contributed by atoms with Crippen LogP contribution in [0.15, 0.2) is 114 Å². The van der Waals surface area contributed by atoms with Gasteiger partial charge in [0.05, 0.1) is 22.3 Å². The van der Waals surface area contributed by atoms with Gasteiger partial charge >= 0.3 is 0 Å². The maximum atomic E-state index is 13.5. The third kappa shape index (κ3) is 5.35. The van der Waals surface area contributed by atoms with E-state index in [0.717, 1.165) is 43.8 Å². The van der Waals surface area contributed by atoms with Crippen molar-refractivity contribution in [3.8, 4) is 22.8 Å². The number of ether oxygens (including phenoxy) is 1. The van der Waals surface area contributed by atoms with Crippen molar-refractivity contribution in [3.63, 3.8) is 0 Å². The number of fused-ring (bicyclic) bond motifs is 3. The van der Waals surface area contributed by atoms with E-state index in [1.807, 2.05) is 91.0 Å². The van der Waals surface area contributed by atoms with E-state index in [-0.39, 0.29) is 5.91 Å². The number of halogens is 2. The van der Waals surface area contributed by atoms with Crippen molar-refractivity contribution in [2.75, 3.05) is 5.32 Å². The first-order chi connectivity index (χ1) is 21.0. The minimum absolute atomic E-state index is 0.0599. The van der Waals surface area contributed by atoms with E-state index in [0.29, 0.717) is 35.3 Å². The van der Waals surface area contributed by atoms with Crippen LogP contribution >= 0.6 is 27.5 Å². The second kappa shape index (κ2) is 11.6. The van der Waals surface area contributed by atoms with Crippen LogP contribution in [-0.2, 0) is 17.9 Å². The van der Waals surface area contributed by atoms with Crippen molar-refractivity contribution in [1.82, 2.24) is 19.9 Å². The lowest BCUT2D eigenvalue weighted by molar-refractivity contribution is -0.122. The summed E-state index contributed by atoms with van der Waals surface area (Å²) in [6, 6.07) is 33.2. The molecule has 0 fully saturated rings. The second-order valence-electron chi connectivity index (χ2n) is 10.2. The number of nitrogens with zero attached hydrogens (tertiary/aromatic N) is 3. The highest BCUT2D eigenvalue weighted by atomic mass is 79.9. The lowest BCUT2D eigenvalue weighted by atomic mass is 9.87. The average molecular weight is 651 g/mol. The molecule has 0 atom stereocenters. The van der Waals surface area contributed by atoms with Gasteiger partial charge in [-0.25, -0.2) is 4.98 Å². The summed E-state index contributed by atoms with van der Waals surface area (Å²) in [5.41, 5.74) is 6.12. The molecule has 1 aliphatic rings. The maximum absolute atomic E-state index is 13.5. The molecule has 4 aromatic carbocycles. The highest BCUT2D eigenvalue weighted by Crippen LogP contribution is 2.44. The van der Waals surface area contributed by atoms with Gasteiger partial charge in [-0.3, -0.25) is 4.79 Å². The summed E-state index contributed by atoms with van der Waals surface area (Å²) in [6.45, 7) is 0.989. The summed E-state index contributed by atoms with van der Waals surface area (Å²) < 4.78 is 8.60. The largest absolute Gasteiger partial charge is 0.457 e. The van der Waals surface area contributed by atoms with Crippen molar-refractivity contribution >= 4 is 44.9 Å². The normalized spacial score (nSPS) is 12.3. The smallest absolute Gasteiger partial charge is 0.232 e. The zero-order chi connectivity index (χ0) is 29.3. The number of aromatic nitrogens is 3. The Bertz CT molecular complexity index is 1930. The van der Waals surface area contributed by atoms with Crippen LogP contribution in [0.4, 0.5) is 5.82 Å². The summed E-state index contributed by atoms with van der Waals surface area (Å²) in [6.07, 6.45) is 1.73. The molecule has 6 aromatic rings. The van der Waals surface area contributed by atoms with Crippen molar-refractivity contribution < 1.29 is 9.53 Å². The van der Waals surface area contributed by atoms with E-state index in [1.54, 1.807) is 10.7 Å². The molecule has 1 aliphatic heterocycles. The molecular formula is C34H25BrClN5O2. The number of nitrogens with one attached hydrogen (secondary N) is 2. The SMILES string of the molecule is O=C(NCc1ccc(CNc2cc(-c3ccccc3Cl)nc3c(Br)cnn23)cc1)C1c2ccccc2Oc2ccccc21. The Morgan fingerprint density at radius 3 is 2.19 bits per heavy atom. The third-order valence-electron chi connectivity index (χ3n) is 7.48. The van der Waals surface area contributed by atoms with Gasteiger partial charge in [-0.1, -0.05) is 90.5 Å². The molecule has 0 unspecified atom stereocenters. The average Bonchev–Trinajstić information content (AvgIpc) is 3.42. The Balaban J connectivity index is 1.05. The predicted molar refractivity (Wildman–Crippen MR) is 172 cm³/mol. The standard InChI is InChI=1S/C34H25BrClN5O2/c35-26-20-39-41-31(17-28(40-33(26)41)23-7-1-4-10-27(23)36)37-18-21-13-15-22(16-14-21)19-38-34(42)32-24-8-2-5-11-29(24)43-30-12-6-3-9-25(30)32/h1-17,20,32,37H,18-19H2,(H,38,42). The fourth-order valence-electron chi connectivity index (χ4n) is 5.32. The molecule has 0 bridgehead atoms. The van der Waals surface area contributed by atoms with Crippen molar-refractivity contribution in [2.45, 2.75) is 19.0 Å². The number of carbonyl (C=O) groups is 1. The van der Waals surface area contributed by atoms with Gasteiger partial charge in [0.15, 0.2) is 5.65 Å². The fourth-order valence-corrected chi connectivity index (χ4v) is 5.90. The molecular weight excluding hydrogens is 626 g/mol. The van der Waals surface area contributed by atoms with Crippen LogP contribution in [0.1, 0.15) is 28.2 Å². The minimum Gasteiger partial charge on any atom is -0.457 e. The molecule has 2 aromatic heterocycles. The van der Waals surface area contributed by atoms with Crippen LogP contribution in [0.2, 0.25) is 5.02 Å². The van der Waals surface area contributed by atoms with Gasteiger partial charge in [0.2, 0.25) is 5.91 Å². The number of para-hydroxylation sites is 2. The van der Waals surface area contributed by atoms with Gasteiger partial charge in [-0.05, 0) is 45.3 Å². The van der Waals surface area contributed by atoms with Crippen LogP contribution in [0, 0.1) is 0 Å². The van der Waals surface area contributed by atoms with Crippen molar-refractivity contribution in [2.24, 2.45) is 0 Å². The van der Waals surface area contributed by atoms with Crippen LogP contribution in [0.3, 0.4) is 0 Å². The molecule has 3 heterocycles. The minimum atomic E-state index is -0.431. The second-order valence-corrected chi connectivity index (χ2v) is 11.5. The van der Waals surface area contributed by atoms with Gasteiger partial charge in [0, 0.05) is 40.9 Å². The molecule has 212 valence electrons. The maximum Gasteiger partial charge on any atom is 0.232 e. The molecule has 0 spiro atoms. The molecule has 43 heavy (non-hydrogen) atoms. The van der Waals surface area contributed by atoms with E-state index in [1.165, 1.54) is 0 Å². The third-order valence-corrected chi connectivity index (χ3v) is 8.37. The Morgan fingerprint density at radius 1 is 0.860 bits per heavy atom. The Morgan fingerprint density at radius 2 is 1.49 bits per heavy atom. The van der Waals surface area contributed by atoms with Crippen LogP contribution < -0.4 is 15.4 Å². The quantitative estimate of drug-likeness (QED) is 0.183. The highest BCUT2D eigenvalue weighted by Gasteiger charge is 2.32. The number of hydrogen-bond acceptors (Lipinski definition) is 5. The molecule has 0 saturated carbocycles. The van der Waals surface area contributed by atoms with E-state index in [2.05, 4.69) is 43.8 Å². The molecule has 7 rings (SSSR count). The zero-order valence-corrected chi connectivity index (χ0v) is 25.1. The predicted octanol–water partition coefficient (Wildman–Crippen LogP) is 7.98. The molecule has 0 saturated heterocycles. The van der Waals surface area contributed by atoms with Crippen LogP contribution in [-0.4, -0.2) is 20.5 Å². The number of rotatable bonds is 7. The summed E-state index contributed by atoms with van der Waals surface area (Å²) >= 11 is 10.0. The molecule has 9 heteroatoms. The Hall–Kier alpha value is -4.66. The lowest BCUT2D eigenvalue weighted by Crippen LogP contribution is -2.31. The van der Waals surface area contributed by atoms with Gasteiger partial charge in [-0.15, -0.1) is 0 Å². The molecule has 0 aliphatic carbocycles. The van der Waals surface area contributed by atoms with Crippen molar-refractivity contribution in [1.29, 1.82) is 0 Å². The van der Waals surface area contributed by atoms with E-state index in [4.69, 9.17) is 21.3 Å². The van der Waals surface area contributed by atoms with E-state index >= 15 is 0 Å². The topological polar surface area (TPSA) is 80.5 Å². The van der Waals surface area contributed by atoms with E-state index < -0.39 is 5.92 Å². The zero-order valence-electron chi connectivity index (χ0n) is 22.8. The van der Waals surface area contributed by atoms with E-state index in [9.17, 15) is 4.79 Å². The first kappa shape index (κ1) is 27.2. The number of anilines is 1. The van der Waals surface area contributed by atoms with Gasteiger partial charge in [0.25, 0.3) is 0 Å². The van der Waals surface area contributed by atoms with Crippen molar-refractivity contribution in [3.05, 3.63) is 141 Å². The van der Waals surface area contributed by atoms with Crippen LogP contribution in [0.25, 0.3) is 16.9 Å². The van der Waals surface area contributed by atoms with Gasteiger partial charge in [0.1, 0.15) is 17.3 Å². The monoisotopic (exact) mass is 649 g/mol. The number of amides is 1. The summed E-state index contributed by atoms with van der Waals surface area (Å²) in [5, 5.41) is 11.7. The Kier molecular flexibility index (Phi) is 7.30. The first-order valence-corrected chi connectivity index (χ1v) is 15.0. The number of hydrogen-bond donors (Lipinski definition) is 2. The number of benzene rings is 4. The molecule has 1 amide bonds. The fraction of sp³-hybridized carbons (Fsp3) is 0.0882. The first-order valence-electron chi connectivity index (χ1n) is 13.8. The molecule has 7 nitrogen and oxygen atoms in total. The summed E-state index contributed by atoms with van der Waals surface area (Å²) in [4.78, 5) is 18.3.